The first kappa shape index (κ1) is 27.4. The van der Waals surface area contributed by atoms with Crippen molar-refractivity contribution in [1.82, 2.24) is 16.0 Å². The Hall–Kier alpha value is -1.79. The van der Waals surface area contributed by atoms with Crippen molar-refractivity contribution >= 4 is 18.4 Å². The highest BCUT2D eigenvalue weighted by molar-refractivity contribution is 5.75. The third-order valence-corrected chi connectivity index (χ3v) is 3.54. The maximum absolute atomic E-state index is 11.7. The average molecular weight is 388 g/mol. The molecule has 1 fully saturated rings. The van der Waals surface area contributed by atoms with E-state index in [9.17, 15) is 14.4 Å². The summed E-state index contributed by atoms with van der Waals surface area (Å²) in [6, 6.07) is 0.258. The fourth-order valence-corrected chi connectivity index (χ4v) is 2.46. The number of nitrogens with one attached hydrogen (secondary N) is 3. The summed E-state index contributed by atoms with van der Waals surface area (Å²) >= 11 is 0. The van der Waals surface area contributed by atoms with Gasteiger partial charge in [-0.1, -0.05) is 40.0 Å². The quantitative estimate of drug-likeness (QED) is 0.541. The minimum atomic E-state index is -1.04. The number of hydrogen-bond acceptors (Lipinski definition) is 3. The predicted octanol–water partition coefficient (Wildman–Crippen LogP) is 3.53. The van der Waals surface area contributed by atoms with Gasteiger partial charge in [0.2, 0.25) is 6.41 Å². The van der Waals surface area contributed by atoms with E-state index in [0.717, 1.165) is 5.92 Å². The first-order chi connectivity index (χ1) is 12.4. The molecule has 0 saturated heterocycles. The van der Waals surface area contributed by atoms with Crippen LogP contribution in [-0.2, 0) is 9.59 Å². The van der Waals surface area contributed by atoms with E-state index < -0.39 is 5.97 Å². The van der Waals surface area contributed by atoms with E-state index >= 15 is 0 Å². The number of carbonyl (C=O) groups is 3. The second-order valence-electron chi connectivity index (χ2n) is 8.66. The number of carboxylic acids is 1. The van der Waals surface area contributed by atoms with Gasteiger partial charge in [0.1, 0.15) is 6.54 Å². The molecule has 1 unspecified atom stereocenters. The van der Waals surface area contributed by atoms with Crippen molar-refractivity contribution in [2.24, 2.45) is 11.8 Å². The Kier molecular flexibility index (Phi) is 15.5. The van der Waals surface area contributed by atoms with E-state index in [0.29, 0.717) is 18.4 Å². The Morgan fingerprint density at radius 3 is 1.89 bits per heavy atom. The summed E-state index contributed by atoms with van der Waals surface area (Å²) in [4.78, 5) is 30.6. The van der Waals surface area contributed by atoms with E-state index in [2.05, 4.69) is 38.3 Å². The van der Waals surface area contributed by atoms with Crippen LogP contribution in [0.1, 0.15) is 80.6 Å². The molecule has 0 spiro atoms. The van der Waals surface area contributed by atoms with Crippen molar-refractivity contribution < 1.29 is 19.5 Å². The molecule has 160 valence electrons. The summed E-state index contributed by atoms with van der Waals surface area (Å²) in [6.07, 6.45) is 6.86. The van der Waals surface area contributed by atoms with Gasteiger partial charge in [-0.2, -0.15) is 0 Å². The van der Waals surface area contributed by atoms with Crippen LogP contribution in [0.5, 0.6) is 0 Å². The van der Waals surface area contributed by atoms with Gasteiger partial charge >= 0.3 is 12.0 Å². The van der Waals surface area contributed by atoms with Gasteiger partial charge in [-0.3, -0.25) is 9.59 Å². The van der Waals surface area contributed by atoms with E-state index in [-0.39, 0.29) is 18.1 Å². The Morgan fingerprint density at radius 2 is 1.56 bits per heavy atom. The molecule has 1 aliphatic carbocycles. The Labute approximate surface area is 165 Å². The van der Waals surface area contributed by atoms with Gasteiger partial charge in [0, 0.05) is 11.6 Å². The second-order valence-corrected chi connectivity index (χ2v) is 8.66. The molecule has 27 heavy (non-hydrogen) atoms. The summed E-state index contributed by atoms with van der Waals surface area (Å²) in [6.45, 7) is 14.3. The van der Waals surface area contributed by atoms with E-state index in [1.54, 1.807) is 0 Å². The zero-order valence-electron chi connectivity index (χ0n) is 18.2. The molecule has 1 saturated carbocycles. The Balaban J connectivity index is 0. The number of amides is 3. The van der Waals surface area contributed by atoms with Gasteiger partial charge in [0.05, 0.1) is 0 Å². The minimum Gasteiger partial charge on any atom is -0.480 e. The van der Waals surface area contributed by atoms with Gasteiger partial charge in [0.15, 0.2) is 0 Å². The lowest BCUT2D eigenvalue weighted by Gasteiger charge is -2.29. The van der Waals surface area contributed by atoms with Crippen LogP contribution >= 0.6 is 0 Å². The molecule has 3 amide bonds. The third-order valence-electron chi connectivity index (χ3n) is 3.54. The SMILES string of the molecule is CC(C)C.CC(NC(=O)NC(C)(C)C)C1CCCCC1.O=CNCC(=O)O. The third kappa shape index (κ3) is 22.2. The summed E-state index contributed by atoms with van der Waals surface area (Å²) < 4.78 is 0. The fraction of sp³-hybridized carbons (Fsp3) is 0.850. The first-order valence-corrected chi connectivity index (χ1v) is 9.86. The van der Waals surface area contributed by atoms with E-state index in [1.165, 1.54) is 32.1 Å². The van der Waals surface area contributed by atoms with Crippen molar-refractivity contribution in [1.29, 1.82) is 0 Å². The molecule has 7 heteroatoms. The standard InChI is InChI=1S/C13H26N2O.C4H10.C3H5NO3/c1-10(11-8-6-5-7-9-11)14-12(16)15-13(2,3)4;1-4(2)3;5-2-4-1-3(6)7/h10-11H,5-9H2,1-4H3,(H2,14,15,16);4H,1-3H3;2H,1H2,(H,4,5)(H,6,7). The highest BCUT2D eigenvalue weighted by atomic mass is 16.4. The summed E-state index contributed by atoms with van der Waals surface area (Å²) in [7, 11) is 0. The van der Waals surface area contributed by atoms with Crippen LogP contribution < -0.4 is 16.0 Å². The lowest BCUT2D eigenvalue weighted by Crippen LogP contribution is -2.50. The van der Waals surface area contributed by atoms with Crippen LogP contribution in [0.3, 0.4) is 0 Å². The second kappa shape index (κ2) is 15.3. The molecule has 0 aromatic carbocycles. The number of aliphatic carboxylic acids is 1. The fourth-order valence-electron chi connectivity index (χ4n) is 2.46. The first-order valence-electron chi connectivity index (χ1n) is 9.86. The largest absolute Gasteiger partial charge is 0.480 e. The number of urea groups is 1. The number of carboxylic acid groups (broad SMARTS) is 1. The monoisotopic (exact) mass is 387 g/mol. The van der Waals surface area contributed by atoms with Crippen LogP contribution in [-0.4, -0.2) is 41.6 Å². The summed E-state index contributed by atoms with van der Waals surface area (Å²) in [5.74, 6) is 0.464. The lowest BCUT2D eigenvalue weighted by molar-refractivity contribution is -0.136. The maximum Gasteiger partial charge on any atom is 0.322 e. The smallest absolute Gasteiger partial charge is 0.322 e. The van der Waals surface area contributed by atoms with E-state index in [4.69, 9.17) is 5.11 Å². The molecule has 0 aliphatic heterocycles. The molecule has 0 bridgehead atoms. The zero-order chi connectivity index (χ0) is 21.5. The van der Waals surface area contributed by atoms with Gasteiger partial charge in [-0.25, -0.2) is 4.79 Å². The highest BCUT2D eigenvalue weighted by Crippen LogP contribution is 2.26. The van der Waals surface area contributed by atoms with Crippen molar-refractivity contribution in [3.05, 3.63) is 0 Å². The van der Waals surface area contributed by atoms with Crippen molar-refractivity contribution in [3.63, 3.8) is 0 Å². The van der Waals surface area contributed by atoms with Crippen molar-refractivity contribution in [2.75, 3.05) is 6.54 Å². The molecule has 1 aliphatic rings. The van der Waals surface area contributed by atoms with Gasteiger partial charge in [-0.15, -0.1) is 0 Å². The van der Waals surface area contributed by atoms with Gasteiger partial charge in [-0.05, 0) is 52.4 Å². The molecule has 0 aromatic rings. The van der Waals surface area contributed by atoms with Crippen molar-refractivity contribution in [3.8, 4) is 0 Å². The highest BCUT2D eigenvalue weighted by Gasteiger charge is 2.22. The Morgan fingerprint density at radius 1 is 1.07 bits per heavy atom. The topological polar surface area (TPSA) is 108 Å². The molecule has 0 heterocycles. The predicted molar refractivity (Wildman–Crippen MR) is 110 cm³/mol. The lowest BCUT2D eigenvalue weighted by atomic mass is 9.84. The molecular weight excluding hydrogens is 346 g/mol. The molecular formula is C20H41N3O4. The minimum absolute atomic E-state index is 0.0365. The number of rotatable bonds is 5. The van der Waals surface area contributed by atoms with Crippen LogP contribution in [0.15, 0.2) is 0 Å². The maximum atomic E-state index is 11.7. The van der Waals surface area contributed by atoms with Crippen molar-refractivity contribution in [2.45, 2.75) is 92.2 Å². The summed E-state index contributed by atoms with van der Waals surface area (Å²) in [5.41, 5.74) is -0.156. The molecule has 4 N–H and O–H groups in total. The summed E-state index contributed by atoms with van der Waals surface area (Å²) in [5, 5.41) is 15.8. The zero-order valence-corrected chi connectivity index (χ0v) is 18.2. The van der Waals surface area contributed by atoms with Crippen LogP contribution in [0, 0.1) is 11.8 Å². The molecule has 1 rings (SSSR count). The number of hydrogen-bond donors (Lipinski definition) is 4. The average Bonchev–Trinajstić information content (AvgIpc) is 2.52. The van der Waals surface area contributed by atoms with Crippen LogP contribution in [0.2, 0.25) is 0 Å². The van der Waals surface area contributed by atoms with Gasteiger partial charge in [0.25, 0.3) is 0 Å². The Bertz CT molecular complexity index is 411. The molecule has 0 aromatic heterocycles. The van der Waals surface area contributed by atoms with E-state index in [1.807, 2.05) is 26.1 Å². The molecule has 1 atom stereocenters. The normalized spacial score (nSPS) is 15.3. The molecule has 7 nitrogen and oxygen atoms in total. The van der Waals surface area contributed by atoms with Crippen LogP contribution in [0.25, 0.3) is 0 Å². The number of carbonyl (C=O) groups excluding carboxylic acids is 2. The van der Waals surface area contributed by atoms with Crippen LogP contribution in [0.4, 0.5) is 4.79 Å². The van der Waals surface area contributed by atoms with Gasteiger partial charge < -0.3 is 21.1 Å². The molecule has 0 radical (unpaired) electrons.